The van der Waals surface area contributed by atoms with Gasteiger partial charge in [-0.05, 0) is 47.9 Å². The van der Waals surface area contributed by atoms with Gasteiger partial charge in [-0.3, -0.25) is 0 Å². The van der Waals surface area contributed by atoms with Gasteiger partial charge in [-0.1, -0.05) is 24.3 Å². The van der Waals surface area contributed by atoms with Gasteiger partial charge in [0.1, 0.15) is 5.75 Å². The van der Waals surface area contributed by atoms with Gasteiger partial charge in [0, 0.05) is 0 Å². The molecule has 2 rings (SSSR count). The van der Waals surface area contributed by atoms with Gasteiger partial charge >= 0.3 is 12.5 Å². The molecule has 0 fully saturated rings. The van der Waals surface area contributed by atoms with Gasteiger partial charge in [0.25, 0.3) is 0 Å². The fraction of sp³-hybridized carbons (Fsp3) is 0.250. The topological polar surface area (TPSA) is 35.2 Å². The van der Waals surface area contributed by atoms with E-state index in [1.54, 1.807) is 0 Å². The van der Waals surface area contributed by atoms with Crippen LogP contribution in [0, 0.1) is 0 Å². The number of nitrogens with two attached hydrogens (primary N) is 1. The quantitative estimate of drug-likeness (QED) is 0.807. The Morgan fingerprint density at radius 1 is 0.875 bits per heavy atom. The number of halogens is 6. The number of benzene rings is 2. The summed E-state index contributed by atoms with van der Waals surface area (Å²) in [6.07, 6.45) is -9.41. The van der Waals surface area contributed by atoms with Crippen molar-refractivity contribution in [3.63, 3.8) is 0 Å². The molecule has 2 aromatic carbocycles. The summed E-state index contributed by atoms with van der Waals surface area (Å²) in [4.78, 5) is 0. The van der Waals surface area contributed by atoms with Crippen molar-refractivity contribution in [2.45, 2.75) is 19.0 Å². The van der Waals surface area contributed by atoms with Gasteiger partial charge in [-0.25, -0.2) is 0 Å². The number of ether oxygens (including phenoxy) is 1. The first-order valence-corrected chi connectivity index (χ1v) is 6.86. The molecule has 8 heteroatoms. The minimum Gasteiger partial charge on any atom is -0.406 e. The Bertz CT molecular complexity index is 708. The maximum atomic E-state index is 13.2. The summed E-state index contributed by atoms with van der Waals surface area (Å²) >= 11 is 0. The maximum Gasteiger partial charge on any atom is 0.573 e. The molecular formula is C16H13F6NO. The van der Waals surface area contributed by atoms with Crippen LogP contribution in [-0.4, -0.2) is 12.9 Å². The zero-order valence-electron chi connectivity index (χ0n) is 12.2. The number of hydrogen-bond donors (Lipinski definition) is 1. The van der Waals surface area contributed by atoms with E-state index in [4.69, 9.17) is 5.73 Å². The van der Waals surface area contributed by atoms with Crippen molar-refractivity contribution in [3.05, 3.63) is 53.6 Å². The lowest BCUT2D eigenvalue weighted by Crippen LogP contribution is -2.17. The van der Waals surface area contributed by atoms with Gasteiger partial charge < -0.3 is 10.5 Å². The molecule has 130 valence electrons. The van der Waals surface area contributed by atoms with E-state index in [0.29, 0.717) is 0 Å². The minimum absolute atomic E-state index is 0.0384. The Balaban J connectivity index is 2.44. The average Bonchev–Trinajstić information content (AvgIpc) is 2.45. The second kappa shape index (κ2) is 6.72. The van der Waals surface area contributed by atoms with Gasteiger partial charge in [-0.2, -0.15) is 13.2 Å². The Morgan fingerprint density at radius 3 is 2.12 bits per heavy atom. The van der Waals surface area contributed by atoms with E-state index in [1.807, 2.05) is 0 Å². The molecule has 0 amide bonds. The average molecular weight is 349 g/mol. The summed E-state index contributed by atoms with van der Waals surface area (Å²) in [5, 5.41) is 0. The van der Waals surface area contributed by atoms with Crippen LogP contribution in [0.5, 0.6) is 5.75 Å². The van der Waals surface area contributed by atoms with Crippen molar-refractivity contribution in [1.82, 2.24) is 0 Å². The van der Waals surface area contributed by atoms with Crippen molar-refractivity contribution < 1.29 is 31.1 Å². The van der Waals surface area contributed by atoms with E-state index in [-0.39, 0.29) is 29.7 Å². The first kappa shape index (κ1) is 18.1. The van der Waals surface area contributed by atoms with Gasteiger partial charge in [0.2, 0.25) is 0 Å². The smallest absolute Gasteiger partial charge is 0.406 e. The van der Waals surface area contributed by atoms with Gasteiger partial charge in [-0.15, -0.1) is 13.2 Å². The molecule has 0 aliphatic heterocycles. The SMILES string of the molecule is NCCc1ccc(-c2cccc(OC(F)(F)F)c2)cc1C(F)(F)F. The normalized spacial score (nSPS) is 12.3. The van der Waals surface area contributed by atoms with Crippen LogP contribution in [0.1, 0.15) is 11.1 Å². The van der Waals surface area contributed by atoms with Crippen LogP contribution in [0.2, 0.25) is 0 Å². The molecule has 0 radical (unpaired) electrons. The number of hydrogen-bond acceptors (Lipinski definition) is 2. The molecule has 2 aromatic rings. The standard InChI is InChI=1S/C16H13F6NO/c17-15(18,19)14-9-12(5-4-10(14)6-7-23)11-2-1-3-13(8-11)24-16(20,21)22/h1-5,8-9H,6-7,23H2. The molecule has 0 spiro atoms. The summed E-state index contributed by atoms with van der Waals surface area (Å²) in [6.45, 7) is 0.0529. The Morgan fingerprint density at radius 2 is 1.54 bits per heavy atom. The lowest BCUT2D eigenvalue weighted by Gasteiger charge is -2.15. The van der Waals surface area contributed by atoms with E-state index < -0.39 is 23.9 Å². The third kappa shape index (κ3) is 4.64. The molecule has 0 saturated heterocycles. The number of rotatable bonds is 4. The first-order chi connectivity index (χ1) is 11.1. The highest BCUT2D eigenvalue weighted by molar-refractivity contribution is 5.66. The zero-order valence-corrected chi connectivity index (χ0v) is 12.2. The molecule has 2 nitrogen and oxygen atoms in total. The highest BCUT2D eigenvalue weighted by Gasteiger charge is 2.33. The predicted octanol–water partition coefficient (Wildman–Crippen LogP) is 4.77. The molecule has 0 aromatic heterocycles. The molecular weight excluding hydrogens is 336 g/mol. The van der Waals surface area contributed by atoms with Crippen molar-refractivity contribution in [2.24, 2.45) is 5.73 Å². The van der Waals surface area contributed by atoms with E-state index in [9.17, 15) is 26.3 Å². The van der Waals surface area contributed by atoms with E-state index in [1.165, 1.54) is 24.3 Å². The van der Waals surface area contributed by atoms with Gasteiger partial charge in [0.05, 0.1) is 5.56 Å². The Labute approximate surface area is 133 Å². The lowest BCUT2D eigenvalue weighted by atomic mass is 9.97. The van der Waals surface area contributed by atoms with Crippen LogP contribution in [0.15, 0.2) is 42.5 Å². The van der Waals surface area contributed by atoms with Crippen LogP contribution in [0.4, 0.5) is 26.3 Å². The van der Waals surface area contributed by atoms with Crippen molar-refractivity contribution in [3.8, 4) is 16.9 Å². The molecule has 0 atom stereocenters. The van der Waals surface area contributed by atoms with Gasteiger partial charge in [0.15, 0.2) is 0 Å². The minimum atomic E-state index is -4.87. The largest absolute Gasteiger partial charge is 0.573 e. The van der Waals surface area contributed by atoms with Crippen LogP contribution in [-0.2, 0) is 12.6 Å². The Kier molecular flexibility index (Phi) is 5.08. The highest BCUT2D eigenvalue weighted by Crippen LogP contribution is 2.36. The predicted molar refractivity (Wildman–Crippen MR) is 76.3 cm³/mol. The molecule has 0 saturated carbocycles. The summed E-state index contributed by atoms with van der Waals surface area (Å²) < 4.78 is 80.0. The third-order valence-electron chi connectivity index (χ3n) is 3.23. The zero-order chi connectivity index (χ0) is 18.0. The fourth-order valence-electron chi connectivity index (χ4n) is 2.27. The fourth-order valence-corrected chi connectivity index (χ4v) is 2.27. The first-order valence-electron chi connectivity index (χ1n) is 6.86. The van der Waals surface area contributed by atoms with E-state index in [0.717, 1.165) is 18.2 Å². The lowest BCUT2D eigenvalue weighted by molar-refractivity contribution is -0.274. The summed E-state index contributed by atoms with van der Waals surface area (Å²) in [5.41, 5.74) is 4.81. The number of alkyl halides is 6. The molecule has 0 aliphatic carbocycles. The van der Waals surface area contributed by atoms with Crippen LogP contribution in [0.3, 0.4) is 0 Å². The van der Waals surface area contributed by atoms with Crippen LogP contribution >= 0.6 is 0 Å². The molecule has 0 heterocycles. The molecule has 0 bridgehead atoms. The van der Waals surface area contributed by atoms with Crippen LogP contribution in [0.25, 0.3) is 11.1 Å². The van der Waals surface area contributed by atoms with E-state index >= 15 is 0 Å². The van der Waals surface area contributed by atoms with Crippen LogP contribution < -0.4 is 10.5 Å². The summed E-state index contributed by atoms with van der Waals surface area (Å²) in [5.74, 6) is -0.500. The second-order valence-electron chi connectivity index (χ2n) is 4.98. The third-order valence-corrected chi connectivity index (χ3v) is 3.23. The Hall–Kier alpha value is -2.22. The summed E-state index contributed by atoms with van der Waals surface area (Å²) in [6, 6.07) is 8.38. The second-order valence-corrected chi connectivity index (χ2v) is 4.98. The highest BCUT2D eigenvalue weighted by atomic mass is 19.4. The van der Waals surface area contributed by atoms with Crippen molar-refractivity contribution >= 4 is 0 Å². The molecule has 24 heavy (non-hydrogen) atoms. The monoisotopic (exact) mass is 349 g/mol. The van der Waals surface area contributed by atoms with Crippen molar-refractivity contribution in [2.75, 3.05) is 6.54 Å². The molecule has 0 aliphatic rings. The molecule has 0 unspecified atom stereocenters. The summed E-state index contributed by atoms with van der Waals surface area (Å²) in [7, 11) is 0. The molecule has 2 N–H and O–H groups in total. The van der Waals surface area contributed by atoms with E-state index in [2.05, 4.69) is 4.74 Å². The maximum absolute atomic E-state index is 13.2. The van der Waals surface area contributed by atoms with Crippen molar-refractivity contribution in [1.29, 1.82) is 0 Å².